The summed E-state index contributed by atoms with van der Waals surface area (Å²) in [6, 6.07) is 14.8. The molecule has 0 radical (unpaired) electrons. The number of hydrogen-bond donors (Lipinski definition) is 0. The molecule has 0 unspecified atom stereocenters. The first kappa shape index (κ1) is 21.8. The summed E-state index contributed by atoms with van der Waals surface area (Å²) >= 11 is 0. The van der Waals surface area contributed by atoms with E-state index in [2.05, 4.69) is 44.1 Å². The lowest BCUT2D eigenvalue weighted by Crippen LogP contribution is -2.57. The van der Waals surface area contributed by atoms with E-state index in [0.717, 1.165) is 94.0 Å². The standard InChI is InChI=1S/C26H33N5O3/c1-2-6-24-23(5-1)26(28-34-24)31-11-10-30-16-20(8-9-22(30)18-31)19-33-25-7-3-4-21(27-25)17-29-12-14-32-15-13-29/h1-7,20,22H,8-19H2/t20-,22-/m0/s1. The summed E-state index contributed by atoms with van der Waals surface area (Å²) in [7, 11) is 0. The summed E-state index contributed by atoms with van der Waals surface area (Å²) in [5, 5.41) is 5.49. The van der Waals surface area contributed by atoms with Gasteiger partial charge in [0.25, 0.3) is 0 Å². The van der Waals surface area contributed by atoms with Crippen molar-refractivity contribution in [2.75, 3.05) is 64.0 Å². The highest BCUT2D eigenvalue weighted by Gasteiger charge is 2.34. The normalized spacial score (nSPS) is 24.3. The second-order valence-corrected chi connectivity index (χ2v) is 9.71. The van der Waals surface area contributed by atoms with Crippen molar-refractivity contribution in [3.05, 3.63) is 48.2 Å². The largest absolute Gasteiger partial charge is 0.477 e. The molecule has 5 heterocycles. The number of ether oxygens (including phenoxy) is 2. The number of fused-ring (bicyclic) bond motifs is 2. The summed E-state index contributed by atoms with van der Waals surface area (Å²) in [6.45, 7) is 9.27. The van der Waals surface area contributed by atoms with Gasteiger partial charge in [-0.2, -0.15) is 0 Å². The number of piperidine rings is 1. The molecule has 0 N–H and O–H groups in total. The zero-order chi connectivity index (χ0) is 22.7. The molecule has 180 valence electrons. The first-order chi connectivity index (χ1) is 16.8. The fraction of sp³-hybridized carbons (Fsp3) is 0.538. The number of para-hydroxylation sites is 1. The molecule has 3 aromatic rings. The van der Waals surface area contributed by atoms with Crippen molar-refractivity contribution in [2.45, 2.75) is 25.4 Å². The average Bonchev–Trinajstić information content (AvgIpc) is 3.32. The first-order valence-electron chi connectivity index (χ1n) is 12.5. The molecule has 34 heavy (non-hydrogen) atoms. The minimum absolute atomic E-state index is 0.542. The number of hydrogen-bond acceptors (Lipinski definition) is 8. The Balaban J connectivity index is 1.01. The van der Waals surface area contributed by atoms with E-state index in [9.17, 15) is 0 Å². The molecule has 6 rings (SSSR count). The van der Waals surface area contributed by atoms with Crippen molar-refractivity contribution < 1.29 is 14.0 Å². The molecule has 0 bridgehead atoms. The fourth-order valence-corrected chi connectivity index (χ4v) is 5.50. The van der Waals surface area contributed by atoms with Gasteiger partial charge in [-0.25, -0.2) is 4.98 Å². The lowest BCUT2D eigenvalue weighted by atomic mass is 9.91. The highest BCUT2D eigenvalue weighted by atomic mass is 16.5. The van der Waals surface area contributed by atoms with Gasteiger partial charge in [0.05, 0.1) is 30.9 Å². The Morgan fingerprint density at radius 2 is 1.85 bits per heavy atom. The lowest BCUT2D eigenvalue weighted by molar-refractivity contribution is 0.0335. The quantitative estimate of drug-likeness (QED) is 0.553. The Morgan fingerprint density at radius 3 is 2.79 bits per heavy atom. The van der Waals surface area contributed by atoms with E-state index in [4.69, 9.17) is 19.0 Å². The van der Waals surface area contributed by atoms with E-state index >= 15 is 0 Å². The van der Waals surface area contributed by atoms with Gasteiger partial charge in [-0.15, -0.1) is 0 Å². The minimum atomic E-state index is 0.542. The molecular weight excluding hydrogens is 430 g/mol. The van der Waals surface area contributed by atoms with Gasteiger partial charge in [-0.3, -0.25) is 9.80 Å². The molecule has 8 heteroatoms. The van der Waals surface area contributed by atoms with Crippen LogP contribution in [0, 0.1) is 5.92 Å². The second kappa shape index (κ2) is 9.90. The minimum Gasteiger partial charge on any atom is -0.477 e. The molecule has 2 aromatic heterocycles. The molecule has 1 aromatic carbocycles. The van der Waals surface area contributed by atoms with Crippen LogP contribution in [0.3, 0.4) is 0 Å². The van der Waals surface area contributed by atoms with Crippen LogP contribution in [0.2, 0.25) is 0 Å². The fourth-order valence-electron chi connectivity index (χ4n) is 5.50. The maximum atomic E-state index is 6.17. The van der Waals surface area contributed by atoms with Gasteiger partial charge in [-0.1, -0.05) is 23.4 Å². The molecule has 0 amide bonds. The van der Waals surface area contributed by atoms with E-state index in [1.807, 2.05) is 18.2 Å². The zero-order valence-electron chi connectivity index (χ0n) is 19.6. The van der Waals surface area contributed by atoms with Crippen molar-refractivity contribution in [1.29, 1.82) is 0 Å². The van der Waals surface area contributed by atoms with Gasteiger partial charge in [0, 0.05) is 63.8 Å². The Kier molecular flexibility index (Phi) is 6.35. The predicted octanol–water partition coefficient (Wildman–Crippen LogP) is 3.03. The van der Waals surface area contributed by atoms with Crippen LogP contribution in [0.5, 0.6) is 5.88 Å². The summed E-state index contributed by atoms with van der Waals surface area (Å²) < 4.78 is 17.2. The number of benzene rings is 1. The number of anilines is 1. The molecule has 2 atom stereocenters. The highest BCUT2D eigenvalue weighted by Crippen LogP contribution is 2.31. The van der Waals surface area contributed by atoms with Crippen LogP contribution in [0.25, 0.3) is 11.0 Å². The molecule has 3 aliphatic heterocycles. The maximum Gasteiger partial charge on any atom is 0.213 e. The van der Waals surface area contributed by atoms with Gasteiger partial charge in [0.1, 0.15) is 0 Å². The smallest absolute Gasteiger partial charge is 0.213 e. The van der Waals surface area contributed by atoms with Gasteiger partial charge < -0.3 is 18.9 Å². The molecule has 3 fully saturated rings. The monoisotopic (exact) mass is 463 g/mol. The second-order valence-electron chi connectivity index (χ2n) is 9.71. The van der Waals surface area contributed by atoms with E-state index in [1.165, 1.54) is 12.8 Å². The molecule has 3 aliphatic rings. The summed E-state index contributed by atoms with van der Waals surface area (Å²) in [6.07, 6.45) is 2.37. The Hall–Kier alpha value is -2.68. The first-order valence-corrected chi connectivity index (χ1v) is 12.5. The van der Waals surface area contributed by atoms with Crippen LogP contribution < -0.4 is 9.64 Å². The van der Waals surface area contributed by atoms with Crippen LogP contribution in [-0.2, 0) is 11.3 Å². The molecular formula is C26H33N5O3. The van der Waals surface area contributed by atoms with E-state index < -0.39 is 0 Å². The lowest BCUT2D eigenvalue weighted by Gasteiger charge is -2.46. The van der Waals surface area contributed by atoms with E-state index in [0.29, 0.717) is 12.0 Å². The Morgan fingerprint density at radius 1 is 0.941 bits per heavy atom. The molecule has 8 nitrogen and oxygen atoms in total. The number of morpholine rings is 1. The maximum absolute atomic E-state index is 6.17. The molecule has 3 saturated heterocycles. The number of rotatable bonds is 6. The van der Waals surface area contributed by atoms with Gasteiger partial charge in [0.15, 0.2) is 11.4 Å². The number of aromatic nitrogens is 2. The van der Waals surface area contributed by atoms with Crippen molar-refractivity contribution >= 4 is 16.8 Å². The zero-order valence-corrected chi connectivity index (χ0v) is 19.6. The van der Waals surface area contributed by atoms with Crippen LogP contribution in [-0.4, -0.2) is 85.1 Å². The van der Waals surface area contributed by atoms with Crippen molar-refractivity contribution in [2.24, 2.45) is 5.92 Å². The van der Waals surface area contributed by atoms with Crippen molar-refractivity contribution in [3.8, 4) is 5.88 Å². The SMILES string of the molecule is c1cc(CN2CCOCC2)nc(OC[C@H]2CC[C@H]3CN(c4noc5ccccc45)CCN3C2)c1. The third-order valence-electron chi connectivity index (χ3n) is 7.40. The van der Waals surface area contributed by atoms with Crippen LogP contribution in [0.1, 0.15) is 18.5 Å². The molecule has 0 spiro atoms. The Bertz CT molecular complexity index is 1100. The van der Waals surface area contributed by atoms with Crippen molar-refractivity contribution in [3.63, 3.8) is 0 Å². The predicted molar refractivity (Wildman–Crippen MR) is 130 cm³/mol. The van der Waals surface area contributed by atoms with Crippen LogP contribution in [0.15, 0.2) is 47.0 Å². The van der Waals surface area contributed by atoms with E-state index in [-0.39, 0.29) is 0 Å². The average molecular weight is 464 g/mol. The van der Waals surface area contributed by atoms with Crippen LogP contribution >= 0.6 is 0 Å². The van der Waals surface area contributed by atoms with Gasteiger partial charge in [0.2, 0.25) is 5.88 Å². The molecule has 0 aliphatic carbocycles. The van der Waals surface area contributed by atoms with E-state index in [1.54, 1.807) is 0 Å². The number of nitrogens with zero attached hydrogens (tertiary/aromatic N) is 5. The van der Waals surface area contributed by atoms with Gasteiger partial charge >= 0.3 is 0 Å². The summed E-state index contributed by atoms with van der Waals surface area (Å²) in [5.41, 5.74) is 1.93. The summed E-state index contributed by atoms with van der Waals surface area (Å²) in [4.78, 5) is 12.2. The topological polar surface area (TPSA) is 67.1 Å². The number of pyridine rings is 1. The third-order valence-corrected chi connectivity index (χ3v) is 7.40. The summed E-state index contributed by atoms with van der Waals surface area (Å²) in [5.74, 6) is 2.28. The highest BCUT2D eigenvalue weighted by molar-refractivity contribution is 5.88. The van der Waals surface area contributed by atoms with Crippen LogP contribution in [0.4, 0.5) is 5.82 Å². The van der Waals surface area contributed by atoms with Gasteiger partial charge in [-0.05, 0) is 31.0 Å². The third kappa shape index (κ3) is 4.76. The number of piperazine rings is 1. The Labute approximate surface area is 200 Å². The van der Waals surface area contributed by atoms with Crippen molar-refractivity contribution in [1.82, 2.24) is 19.9 Å². The molecule has 0 saturated carbocycles.